The molecule has 3 N–H and O–H groups in total. The molecule has 0 amide bonds. The Hall–Kier alpha value is -1.05. The van der Waals surface area contributed by atoms with Gasteiger partial charge in [-0.05, 0) is 20.8 Å². The maximum absolute atomic E-state index is 11.5. The monoisotopic (exact) mass is 290 g/mol. The van der Waals surface area contributed by atoms with Gasteiger partial charge in [0.2, 0.25) is 5.95 Å². The molecule has 1 heterocycles. The average molecular weight is 291 g/mol. The quantitative estimate of drug-likeness (QED) is 0.287. The topological polar surface area (TPSA) is 90.1 Å². The SMILES string of the molecule is CC(C)(C)OC(=O)CSc1nc(NN)ncc1Cl. The summed E-state index contributed by atoms with van der Waals surface area (Å²) in [5.41, 5.74) is 1.81. The Morgan fingerprint density at radius 3 is 2.83 bits per heavy atom. The van der Waals surface area contributed by atoms with E-state index in [2.05, 4.69) is 15.4 Å². The number of nitrogens with zero attached hydrogens (tertiary/aromatic N) is 2. The van der Waals surface area contributed by atoms with Crippen LogP contribution >= 0.6 is 23.4 Å². The number of rotatable bonds is 4. The van der Waals surface area contributed by atoms with Gasteiger partial charge in [0, 0.05) is 0 Å². The van der Waals surface area contributed by atoms with Crippen molar-refractivity contribution in [2.75, 3.05) is 11.2 Å². The standard InChI is InChI=1S/C10H15ClN4O2S/c1-10(2,3)17-7(16)5-18-8-6(11)4-13-9(14-8)15-12/h4H,5,12H2,1-3H3,(H,13,14,15). The van der Waals surface area contributed by atoms with Crippen molar-refractivity contribution in [2.45, 2.75) is 31.4 Å². The molecule has 0 aliphatic carbocycles. The summed E-state index contributed by atoms with van der Waals surface area (Å²) >= 11 is 7.08. The number of nitrogens with two attached hydrogens (primary N) is 1. The zero-order chi connectivity index (χ0) is 13.8. The smallest absolute Gasteiger partial charge is 0.316 e. The molecule has 0 saturated carbocycles. The second kappa shape index (κ2) is 6.21. The molecule has 0 saturated heterocycles. The van der Waals surface area contributed by atoms with Crippen LogP contribution in [0.15, 0.2) is 11.2 Å². The fourth-order valence-electron chi connectivity index (χ4n) is 1.02. The van der Waals surface area contributed by atoms with Gasteiger partial charge < -0.3 is 4.74 Å². The molecule has 8 heteroatoms. The van der Waals surface area contributed by atoms with Gasteiger partial charge in [-0.2, -0.15) is 0 Å². The fourth-order valence-corrected chi connectivity index (χ4v) is 1.93. The van der Waals surface area contributed by atoms with Crippen molar-refractivity contribution in [1.82, 2.24) is 9.97 Å². The summed E-state index contributed by atoms with van der Waals surface area (Å²) in [7, 11) is 0. The highest BCUT2D eigenvalue weighted by Crippen LogP contribution is 2.25. The summed E-state index contributed by atoms with van der Waals surface area (Å²) in [5, 5.41) is 0.841. The molecule has 0 aromatic carbocycles. The van der Waals surface area contributed by atoms with E-state index in [0.717, 1.165) is 0 Å². The number of hydrazine groups is 1. The van der Waals surface area contributed by atoms with Crippen molar-refractivity contribution >= 4 is 35.3 Å². The number of hydrogen-bond acceptors (Lipinski definition) is 7. The van der Waals surface area contributed by atoms with Crippen molar-refractivity contribution < 1.29 is 9.53 Å². The number of hydrogen-bond donors (Lipinski definition) is 2. The molecular weight excluding hydrogens is 276 g/mol. The van der Waals surface area contributed by atoms with E-state index >= 15 is 0 Å². The molecule has 0 radical (unpaired) electrons. The van der Waals surface area contributed by atoms with Crippen LogP contribution in [0.25, 0.3) is 0 Å². The highest BCUT2D eigenvalue weighted by molar-refractivity contribution is 8.00. The first kappa shape index (κ1) is 15.0. The molecule has 1 aromatic rings. The van der Waals surface area contributed by atoms with E-state index in [4.69, 9.17) is 22.2 Å². The first-order chi connectivity index (χ1) is 8.31. The van der Waals surface area contributed by atoms with Gasteiger partial charge in [-0.25, -0.2) is 15.8 Å². The lowest BCUT2D eigenvalue weighted by Crippen LogP contribution is -2.25. The van der Waals surface area contributed by atoms with Crippen LogP contribution in [-0.4, -0.2) is 27.3 Å². The largest absolute Gasteiger partial charge is 0.459 e. The first-order valence-corrected chi connectivity index (χ1v) is 6.52. The summed E-state index contributed by atoms with van der Waals surface area (Å²) in [6.07, 6.45) is 1.42. The Morgan fingerprint density at radius 2 is 2.28 bits per heavy atom. The number of esters is 1. The van der Waals surface area contributed by atoms with Gasteiger partial charge in [0.1, 0.15) is 10.6 Å². The zero-order valence-electron chi connectivity index (χ0n) is 10.4. The number of carbonyl (C=O) groups excluding carboxylic acids is 1. The lowest BCUT2D eigenvalue weighted by Gasteiger charge is -2.19. The number of thioether (sulfide) groups is 1. The molecule has 1 aromatic heterocycles. The third-order valence-electron chi connectivity index (χ3n) is 1.59. The third kappa shape index (κ3) is 5.07. The summed E-state index contributed by atoms with van der Waals surface area (Å²) < 4.78 is 5.17. The maximum Gasteiger partial charge on any atom is 0.316 e. The Kier molecular flexibility index (Phi) is 5.18. The molecule has 0 aliphatic rings. The van der Waals surface area contributed by atoms with Crippen molar-refractivity contribution in [3.63, 3.8) is 0 Å². The summed E-state index contributed by atoms with van der Waals surface area (Å²) in [6.45, 7) is 5.43. The minimum atomic E-state index is -0.503. The van der Waals surface area contributed by atoms with Crippen LogP contribution in [0, 0.1) is 0 Å². The second-order valence-corrected chi connectivity index (χ2v) is 5.74. The van der Waals surface area contributed by atoms with Gasteiger partial charge in [-0.3, -0.25) is 10.2 Å². The maximum atomic E-state index is 11.5. The van der Waals surface area contributed by atoms with Crippen LogP contribution in [0.1, 0.15) is 20.8 Å². The van der Waals surface area contributed by atoms with Gasteiger partial charge >= 0.3 is 5.97 Å². The van der Waals surface area contributed by atoms with Crippen LogP contribution in [-0.2, 0) is 9.53 Å². The molecule has 0 atom stereocenters. The fraction of sp³-hybridized carbons (Fsp3) is 0.500. The van der Waals surface area contributed by atoms with E-state index in [1.54, 1.807) is 0 Å². The number of carbonyl (C=O) groups is 1. The molecule has 18 heavy (non-hydrogen) atoms. The van der Waals surface area contributed by atoms with Gasteiger partial charge in [0.05, 0.1) is 17.0 Å². The van der Waals surface area contributed by atoms with E-state index in [0.29, 0.717) is 10.0 Å². The molecule has 1 rings (SSSR count). The van der Waals surface area contributed by atoms with Crippen LogP contribution < -0.4 is 11.3 Å². The number of nitrogens with one attached hydrogen (secondary N) is 1. The van der Waals surface area contributed by atoms with Gasteiger partial charge in [-0.15, -0.1) is 0 Å². The summed E-state index contributed by atoms with van der Waals surface area (Å²) in [5.74, 6) is 5.22. The molecule has 100 valence electrons. The molecule has 6 nitrogen and oxygen atoms in total. The van der Waals surface area contributed by atoms with E-state index < -0.39 is 5.60 Å². The van der Waals surface area contributed by atoms with Crippen molar-refractivity contribution in [3.05, 3.63) is 11.2 Å². The Bertz CT molecular complexity index is 436. The minimum Gasteiger partial charge on any atom is -0.459 e. The van der Waals surface area contributed by atoms with E-state index in [1.165, 1.54) is 18.0 Å². The summed E-state index contributed by atoms with van der Waals surface area (Å²) in [6, 6.07) is 0. The highest BCUT2D eigenvalue weighted by atomic mass is 35.5. The number of halogens is 1. The zero-order valence-corrected chi connectivity index (χ0v) is 11.9. The molecular formula is C10H15ClN4O2S. The Labute approximate surface area is 115 Å². The van der Waals surface area contributed by atoms with Crippen LogP contribution in [0.2, 0.25) is 5.02 Å². The normalized spacial score (nSPS) is 11.2. The number of aromatic nitrogens is 2. The molecule has 0 unspecified atom stereocenters. The number of ether oxygens (including phenoxy) is 1. The highest BCUT2D eigenvalue weighted by Gasteiger charge is 2.17. The van der Waals surface area contributed by atoms with E-state index in [9.17, 15) is 4.79 Å². The molecule has 0 bridgehead atoms. The van der Waals surface area contributed by atoms with Gasteiger partial charge in [0.25, 0.3) is 0 Å². The minimum absolute atomic E-state index is 0.123. The molecule has 0 spiro atoms. The predicted molar refractivity (Wildman–Crippen MR) is 71.4 cm³/mol. The average Bonchev–Trinajstić information content (AvgIpc) is 2.25. The predicted octanol–water partition coefficient (Wildman–Crippen LogP) is 1.85. The van der Waals surface area contributed by atoms with E-state index in [1.807, 2.05) is 20.8 Å². The second-order valence-electron chi connectivity index (χ2n) is 4.37. The van der Waals surface area contributed by atoms with Crippen molar-refractivity contribution in [3.8, 4) is 0 Å². The lowest BCUT2D eigenvalue weighted by molar-refractivity contribution is -0.151. The Morgan fingerprint density at radius 1 is 1.61 bits per heavy atom. The Balaban J connectivity index is 2.60. The molecule has 0 aliphatic heterocycles. The molecule has 0 fully saturated rings. The van der Waals surface area contributed by atoms with Gasteiger partial charge in [-0.1, -0.05) is 23.4 Å². The van der Waals surface area contributed by atoms with Crippen LogP contribution in [0.5, 0.6) is 0 Å². The van der Waals surface area contributed by atoms with Crippen molar-refractivity contribution in [2.24, 2.45) is 5.84 Å². The lowest BCUT2D eigenvalue weighted by atomic mass is 10.2. The third-order valence-corrected chi connectivity index (χ3v) is 2.94. The van der Waals surface area contributed by atoms with Crippen LogP contribution in [0.4, 0.5) is 5.95 Å². The van der Waals surface area contributed by atoms with Gasteiger partial charge in [0.15, 0.2) is 0 Å². The van der Waals surface area contributed by atoms with E-state index in [-0.39, 0.29) is 17.7 Å². The first-order valence-electron chi connectivity index (χ1n) is 5.15. The number of anilines is 1. The summed E-state index contributed by atoms with van der Waals surface area (Å²) in [4.78, 5) is 19.4. The van der Waals surface area contributed by atoms with Crippen molar-refractivity contribution in [1.29, 1.82) is 0 Å². The number of nitrogen functional groups attached to an aromatic ring is 1. The van der Waals surface area contributed by atoms with Crippen LogP contribution in [0.3, 0.4) is 0 Å².